The van der Waals surface area contributed by atoms with Crippen LogP contribution in [0.2, 0.25) is 0 Å². The third kappa shape index (κ3) is 6.61. The topological polar surface area (TPSA) is 88.2 Å². The standard InChI is InChI=1S/C18H24F3N3O5S/c1-3-23(4-2)17(25)13-28-22-14-9-11-24(12-10-14)30(26,27)16-7-5-15(6-8-16)29-18(19,20)21/h5-9,22H,3-4,10-13H2,1-2H3. The zero-order chi connectivity index (χ0) is 22.4. The summed E-state index contributed by atoms with van der Waals surface area (Å²) in [5.41, 5.74) is 3.31. The summed E-state index contributed by atoms with van der Waals surface area (Å²) in [4.78, 5) is 18.6. The zero-order valence-corrected chi connectivity index (χ0v) is 17.4. The number of rotatable bonds is 9. The first-order chi connectivity index (χ1) is 14.1. The average Bonchev–Trinajstić information content (AvgIpc) is 2.68. The largest absolute Gasteiger partial charge is 0.573 e. The van der Waals surface area contributed by atoms with Crippen LogP contribution in [0.5, 0.6) is 5.75 Å². The van der Waals surface area contributed by atoms with E-state index in [1.54, 1.807) is 11.0 Å². The summed E-state index contributed by atoms with van der Waals surface area (Å²) in [7, 11) is -3.88. The quantitative estimate of drug-likeness (QED) is 0.580. The Morgan fingerprint density at radius 1 is 1.20 bits per heavy atom. The first-order valence-corrected chi connectivity index (χ1v) is 10.7. The van der Waals surface area contributed by atoms with E-state index >= 15 is 0 Å². The van der Waals surface area contributed by atoms with Crippen LogP contribution in [0.3, 0.4) is 0 Å². The van der Waals surface area contributed by atoms with Gasteiger partial charge in [-0.3, -0.25) is 15.1 Å². The van der Waals surface area contributed by atoms with Gasteiger partial charge in [-0.15, -0.1) is 13.2 Å². The monoisotopic (exact) mass is 451 g/mol. The van der Waals surface area contributed by atoms with Crippen molar-refractivity contribution in [3.63, 3.8) is 0 Å². The van der Waals surface area contributed by atoms with Gasteiger partial charge in [-0.05, 0) is 44.2 Å². The molecule has 0 spiro atoms. The Kier molecular flexibility index (Phi) is 8.10. The minimum atomic E-state index is -4.85. The molecule has 1 aliphatic rings. The van der Waals surface area contributed by atoms with Crippen LogP contribution >= 0.6 is 0 Å². The van der Waals surface area contributed by atoms with Crippen molar-refractivity contribution in [3.8, 4) is 5.75 Å². The fourth-order valence-corrected chi connectivity index (χ4v) is 4.16. The van der Waals surface area contributed by atoms with E-state index in [-0.39, 0.29) is 30.5 Å². The van der Waals surface area contributed by atoms with Crippen LogP contribution in [0, 0.1) is 0 Å². The van der Waals surface area contributed by atoms with Crippen LogP contribution in [0.4, 0.5) is 13.2 Å². The zero-order valence-electron chi connectivity index (χ0n) is 16.6. The van der Waals surface area contributed by atoms with Crippen LogP contribution in [-0.2, 0) is 19.7 Å². The lowest BCUT2D eigenvalue weighted by atomic mass is 10.2. The molecule has 30 heavy (non-hydrogen) atoms. The minimum absolute atomic E-state index is 0.0544. The number of benzene rings is 1. The summed E-state index contributed by atoms with van der Waals surface area (Å²) in [6.07, 6.45) is -2.91. The van der Waals surface area contributed by atoms with E-state index in [4.69, 9.17) is 4.84 Å². The summed E-state index contributed by atoms with van der Waals surface area (Å²) in [5.74, 6) is -0.658. The molecule has 1 heterocycles. The van der Waals surface area contributed by atoms with Gasteiger partial charge in [0, 0.05) is 38.3 Å². The van der Waals surface area contributed by atoms with Crippen molar-refractivity contribution in [1.29, 1.82) is 0 Å². The van der Waals surface area contributed by atoms with Crippen molar-refractivity contribution in [1.82, 2.24) is 14.7 Å². The number of halogens is 3. The van der Waals surface area contributed by atoms with Gasteiger partial charge in [-0.1, -0.05) is 0 Å². The van der Waals surface area contributed by atoms with Crippen molar-refractivity contribution in [2.45, 2.75) is 31.5 Å². The molecule has 0 aromatic heterocycles. The fraction of sp³-hybridized carbons (Fsp3) is 0.500. The predicted molar refractivity (Wildman–Crippen MR) is 102 cm³/mol. The van der Waals surface area contributed by atoms with Gasteiger partial charge in [-0.25, -0.2) is 8.42 Å². The number of ether oxygens (including phenoxy) is 1. The SMILES string of the molecule is CCN(CC)C(=O)CONC1=CCN(S(=O)(=O)c2ccc(OC(F)(F)F)cc2)CC1. The van der Waals surface area contributed by atoms with Gasteiger partial charge in [0.2, 0.25) is 10.0 Å². The third-order valence-corrected chi connectivity index (χ3v) is 6.26. The van der Waals surface area contributed by atoms with Crippen LogP contribution in [0.25, 0.3) is 0 Å². The maximum absolute atomic E-state index is 12.7. The molecular formula is C18H24F3N3O5S. The smallest absolute Gasteiger partial charge is 0.406 e. The molecule has 1 aromatic carbocycles. The number of carbonyl (C=O) groups is 1. The van der Waals surface area contributed by atoms with Crippen molar-refractivity contribution in [2.75, 3.05) is 32.8 Å². The van der Waals surface area contributed by atoms with E-state index in [1.165, 1.54) is 4.31 Å². The molecule has 0 unspecified atom stereocenters. The van der Waals surface area contributed by atoms with Crippen LogP contribution in [0.1, 0.15) is 20.3 Å². The first-order valence-electron chi connectivity index (χ1n) is 9.27. The molecule has 2 rings (SSSR count). The lowest BCUT2D eigenvalue weighted by Crippen LogP contribution is -2.38. The Morgan fingerprint density at radius 3 is 2.33 bits per heavy atom. The molecule has 1 amide bonds. The van der Waals surface area contributed by atoms with Gasteiger partial charge < -0.3 is 9.64 Å². The van der Waals surface area contributed by atoms with E-state index in [1.807, 2.05) is 13.8 Å². The Bertz CT molecular complexity index is 853. The molecule has 12 heteroatoms. The van der Waals surface area contributed by atoms with Crippen LogP contribution < -0.4 is 10.2 Å². The molecule has 0 radical (unpaired) electrons. The number of alkyl halides is 3. The molecule has 0 atom stereocenters. The number of nitrogens with zero attached hydrogens (tertiary/aromatic N) is 2. The Balaban J connectivity index is 1.91. The van der Waals surface area contributed by atoms with E-state index < -0.39 is 22.1 Å². The normalized spacial score (nSPS) is 15.4. The first kappa shape index (κ1) is 24.0. The fourth-order valence-electron chi connectivity index (χ4n) is 2.78. The van der Waals surface area contributed by atoms with Gasteiger partial charge in [0.1, 0.15) is 5.75 Å². The van der Waals surface area contributed by atoms with Crippen molar-refractivity contribution < 1.29 is 36.0 Å². The number of hydrogen-bond donors (Lipinski definition) is 1. The highest BCUT2D eigenvalue weighted by atomic mass is 32.2. The molecule has 8 nitrogen and oxygen atoms in total. The highest BCUT2D eigenvalue weighted by Gasteiger charge is 2.31. The van der Waals surface area contributed by atoms with E-state index in [9.17, 15) is 26.4 Å². The lowest BCUT2D eigenvalue weighted by molar-refractivity contribution is -0.274. The molecular weight excluding hydrogens is 427 g/mol. The predicted octanol–water partition coefficient (Wildman–Crippen LogP) is 2.25. The van der Waals surface area contributed by atoms with Crippen molar-refractivity contribution >= 4 is 15.9 Å². The number of hydrogen-bond acceptors (Lipinski definition) is 6. The Morgan fingerprint density at radius 2 is 1.83 bits per heavy atom. The van der Waals surface area contributed by atoms with E-state index in [2.05, 4.69) is 10.2 Å². The summed E-state index contributed by atoms with van der Waals surface area (Å²) in [6.45, 7) is 4.95. The van der Waals surface area contributed by atoms with Gasteiger partial charge in [0.15, 0.2) is 6.61 Å². The van der Waals surface area contributed by atoms with E-state index in [0.29, 0.717) is 25.2 Å². The molecule has 1 aliphatic heterocycles. The highest BCUT2D eigenvalue weighted by molar-refractivity contribution is 7.89. The number of carbonyl (C=O) groups excluding carboxylic acids is 1. The summed E-state index contributed by atoms with van der Waals surface area (Å²) < 4.78 is 66.9. The molecule has 0 fully saturated rings. The Hall–Kier alpha value is -2.31. The number of hydroxylamine groups is 1. The van der Waals surface area contributed by atoms with Gasteiger partial charge in [0.05, 0.1) is 4.90 Å². The lowest BCUT2D eigenvalue weighted by Gasteiger charge is -2.26. The summed E-state index contributed by atoms with van der Waals surface area (Å²) in [6, 6.07) is 4.04. The molecule has 0 saturated carbocycles. The second-order valence-corrected chi connectivity index (χ2v) is 8.26. The molecule has 0 saturated heterocycles. The molecule has 0 aliphatic carbocycles. The van der Waals surface area contributed by atoms with E-state index in [0.717, 1.165) is 24.3 Å². The van der Waals surface area contributed by atoms with Crippen molar-refractivity contribution in [2.24, 2.45) is 0 Å². The van der Waals surface area contributed by atoms with Gasteiger partial charge in [-0.2, -0.15) is 4.31 Å². The highest BCUT2D eigenvalue weighted by Crippen LogP contribution is 2.26. The minimum Gasteiger partial charge on any atom is -0.406 e. The van der Waals surface area contributed by atoms with Gasteiger partial charge in [0.25, 0.3) is 5.91 Å². The maximum Gasteiger partial charge on any atom is 0.573 e. The molecule has 1 aromatic rings. The number of likely N-dealkylation sites (N-methyl/N-ethyl adjacent to an activating group) is 1. The maximum atomic E-state index is 12.7. The molecule has 0 bridgehead atoms. The number of sulfonamides is 1. The van der Waals surface area contributed by atoms with Crippen LogP contribution in [0.15, 0.2) is 40.9 Å². The van der Waals surface area contributed by atoms with Crippen LogP contribution in [-0.4, -0.2) is 62.7 Å². The second kappa shape index (κ2) is 10.1. The third-order valence-electron chi connectivity index (χ3n) is 4.38. The Labute approximate surface area is 173 Å². The van der Waals surface area contributed by atoms with Gasteiger partial charge >= 0.3 is 6.36 Å². The van der Waals surface area contributed by atoms with Crippen molar-refractivity contribution in [3.05, 3.63) is 36.0 Å². The molecule has 168 valence electrons. The number of amides is 1. The second-order valence-electron chi connectivity index (χ2n) is 6.32. The molecule has 1 N–H and O–H groups in total. The summed E-state index contributed by atoms with van der Waals surface area (Å²) >= 11 is 0. The number of nitrogens with one attached hydrogen (secondary N) is 1. The summed E-state index contributed by atoms with van der Waals surface area (Å²) in [5, 5.41) is 0. The average molecular weight is 451 g/mol.